The Morgan fingerprint density at radius 3 is 1.98 bits per heavy atom. The number of hydrogen-bond acceptors (Lipinski definition) is 6. The van der Waals surface area contributed by atoms with Crippen molar-refractivity contribution in [3.63, 3.8) is 0 Å². The molecule has 0 aliphatic rings. The Bertz CT molecular complexity index is 1730. The molecule has 47 heavy (non-hydrogen) atoms. The van der Waals surface area contributed by atoms with Crippen LogP contribution in [0.4, 0.5) is 5.69 Å². The molecule has 4 aromatic rings. The number of nitrogens with zero attached hydrogens (tertiary/aromatic N) is 2. The summed E-state index contributed by atoms with van der Waals surface area (Å²) in [5.41, 5.74) is 2.77. The standard InChI is InChI=1S/C37H43N3O6S/c1-6-28(3)38-37(42)33(23-29-13-9-7-10-14-29)39(25-30-15-11-8-12-16-30)36(41)26-40(31-19-22-34(45-4)35(24-31)46-5)47(43,44)32-20-17-27(2)18-21-32/h7-22,24,28,33H,6,23,25-26H2,1-5H3,(H,38,42)/t28-,33-/m0/s1. The first-order valence-corrected chi connectivity index (χ1v) is 17.0. The zero-order valence-electron chi connectivity index (χ0n) is 27.6. The lowest BCUT2D eigenvalue weighted by molar-refractivity contribution is -0.140. The Morgan fingerprint density at radius 2 is 1.40 bits per heavy atom. The molecule has 0 saturated carbocycles. The molecule has 1 N–H and O–H groups in total. The summed E-state index contributed by atoms with van der Waals surface area (Å²) < 4.78 is 40.5. The highest BCUT2D eigenvalue weighted by Gasteiger charge is 2.35. The van der Waals surface area contributed by atoms with Crippen LogP contribution < -0.4 is 19.1 Å². The van der Waals surface area contributed by atoms with Crippen molar-refractivity contribution < 1.29 is 27.5 Å². The van der Waals surface area contributed by atoms with Crippen molar-refractivity contribution in [2.75, 3.05) is 25.1 Å². The molecule has 0 aliphatic heterocycles. The summed E-state index contributed by atoms with van der Waals surface area (Å²) in [4.78, 5) is 30.1. The van der Waals surface area contributed by atoms with E-state index in [9.17, 15) is 18.0 Å². The summed E-state index contributed by atoms with van der Waals surface area (Å²) in [6.07, 6.45) is 0.945. The summed E-state index contributed by atoms with van der Waals surface area (Å²) >= 11 is 0. The molecule has 0 bridgehead atoms. The van der Waals surface area contributed by atoms with E-state index < -0.39 is 28.5 Å². The number of hydrogen-bond donors (Lipinski definition) is 1. The zero-order valence-corrected chi connectivity index (χ0v) is 28.4. The predicted molar refractivity (Wildman–Crippen MR) is 184 cm³/mol. The predicted octanol–water partition coefficient (Wildman–Crippen LogP) is 5.76. The molecule has 4 aromatic carbocycles. The topological polar surface area (TPSA) is 105 Å². The fourth-order valence-electron chi connectivity index (χ4n) is 5.12. The summed E-state index contributed by atoms with van der Waals surface area (Å²) in [7, 11) is -1.31. The van der Waals surface area contributed by atoms with Crippen LogP contribution in [0, 0.1) is 6.92 Å². The normalized spacial score (nSPS) is 12.4. The molecular formula is C37H43N3O6S. The van der Waals surface area contributed by atoms with Crippen molar-refractivity contribution in [1.82, 2.24) is 10.2 Å². The molecule has 4 rings (SSSR count). The van der Waals surface area contributed by atoms with Crippen LogP contribution in [0.1, 0.15) is 37.0 Å². The molecule has 0 spiro atoms. The van der Waals surface area contributed by atoms with Gasteiger partial charge in [-0.15, -0.1) is 0 Å². The average Bonchev–Trinajstić information content (AvgIpc) is 3.09. The number of anilines is 1. The fourth-order valence-corrected chi connectivity index (χ4v) is 6.53. The van der Waals surface area contributed by atoms with Crippen LogP contribution in [-0.2, 0) is 32.6 Å². The highest BCUT2D eigenvalue weighted by atomic mass is 32.2. The highest BCUT2D eigenvalue weighted by Crippen LogP contribution is 2.34. The van der Waals surface area contributed by atoms with Gasteiger partial charge in [0.05, 0.1) is 24.8 Å². The Kier molecular flexibility index (Phi) is 12.0. The molecule has 9 nitrogen and oxygen atoms in total. The molecule has 0 fully saturated rings. The molecule has 0 aliphatic carbocycles. The Morgan fingerprint density at radius 1 is 0.809 bits per heavy atom. The molecule has 0 aromatic heterocycles. The van der Waals surface area contributed by atoms with E-state index in [1.165, 1.54) is 37.3 Å². The third-order valence-electron chi connectivity index (χ3n) is 8.01. The number of nitrogens with one attached hydrogen (secondary N) is 1. The largest absolute Gasteiger partial charge is 0.493 e. The number of ether oxygens (including phenoxy) is 2. The molecule has 10 heteroatoms. The van der Waals surface area contributed by atoms with Gasteiger partial charge in [-0.25, -0.2) is 8.42 Å². The van der Waals surface area contributed by atoms with E-state index in [1.807, 2.05) is 81.4 Å². The molecule has 0 saturated heterocycles. The molecule has 2 amide bonds. The van der Waals surface area contributed by atoms with Gasteiger partial charge in [-0.1, -0.05) is 85.3 Å². The number of rotatable bonds is 15. The van der Waals surface area contributed by atoms with Gasteiger partial charge in [0.25, 0.3) is 10.0 Å². The summed E-state index contributed by atoms with van der Waals surface area (Å²) in [6.45, 7) is 5.27. The maximum atomic E-state index is 14.6. The maximum Gasteiger partial charge on any atom is 0.264 e. The SMILES string of the molecule is CC[C@H](C)NC(=O)[C@H](Cc1ccccc1)N(Cc1ccccc1)C(=O)CN(c1ccc(OC)c(OC)c1)S(=O)(=O)c1ccc(C)cc1. The van der Waals surface area contributed by atoms with E-state index in [1.54, 1.807) is 24.3 Å². The minimum atomic E-state index is -4.26. The smallest absolute Gasteiger partial charge is 0.264 e. The monoisotopic (exact) mass is 657 g/mol. The van der Waals surface area contributed by atoms with E-state index in [-0.39, 0.29) is 35.5 Å². The first kappa shape index (κ1) is 35.0. The lowest BCUT2D eigenvalue weighted by Gasteiger charge is -2.34. The lowest BCUT2D eigenvalue weighted by atomic mass is 10.0. The Labute approximate surface area is 278 Å². The minimum absolute atomic E-state index is 0.0237. The van der Waals surface area contributed by atoms with E-state index in [2.05, 4.69) is 5.32 Å². The van der Waals surface area contributed by atoms with Crippen molar-refractivity contribution >= 4 is 27.5 Å². The van der Waals surface area contributed by atoms with E-state index in [0.717, 1.165) is 21.0 Å². The van der Waals surface area contributed by atoms with Crippen LogP contribution in [0.2, 0.25) is 0 Å². The van der Waals surface area contributed by atoms with E-state index in [4.69, 9.17) is 9.47 Å². The van der Waals surface area contributed by atoms with Gasteiger partial charge in [-0.2, -0.15) is 0 Å². The molecule has 0 unspecified atom stereocenters. The van der Waals surface area contributed by atoms with E-state index in [0.29, 0.717) is 17.9 Å². The van der Waals surface area contributed by atoms with Crippen molar-refractivity contribution in [2.45, 2.75) is 57.1 Å². The zero-order chi connectivity index (χ0) is 34.0. The second kappa shape index (κ2) is 16.1. The van der Waals surface area contributed by atoms with Crippen LogP contribution in [0.25, 0.3) is 0 Å². The summed E-state index contributed by atoms with van der Waals surface area (Å²) in [5.74, 6) is -0.144. The highest BCUT2D eigenvalue weighted by molar-refractivity contribution is 7.92. The van der Waals surface area contributed by atoms with Crippen LogP contribution in [0.5, 0.6) is 11.5 Å². The minimum Gasteiger partial charge on any atom is -0.493 e. The van der Waals surface area contributed by atoms with E-state index >= 15 is 0 Å². The number of benzene rings is 4. The quantitative estimate of drug-likeness (QED) is 0.174. The third kappa shape index (κ3) is 8.92. The summed E-state index contributed by atoms with van der Waals surface area (Å²) in [5, 5.41) is 3.05. The Balaban J connectivity index is 1.83. The second-order valence-electron chi connectivity index (χ2n) is 11.4. The first-order chi connectivity index (χ1) is 22.6. The van der Waals surface area contributed by atoms with Crippen molar-refractivity contribution in [3.05, 3.63) is 120 Å². The number of methoxy groups -OCH3 is 2. The molecule has 248 valence electrons. The number of aryl methyl sites for hydroxylation is 1. The molecule has 0 heterocycles. The van der Waals surface area contributed by atoms with Gasteiger partial charge in [0, 0.05) is 25.1 Å². The van der Waals surface area contributed by atoms with Crippen LogP contribution in [0.3, 0.4) is 0 Å². The van der Waals surface area contributed by atoms with Crippen LogP contribution >= 0.6 is 0 Å². The van der Waals surface area contributed by atoms with Gasteiger partial charge in [-0.3, -0.25) is 13.9 Å². The van der Waals surface area contributed by atoms with Gasteiger partial charge in [0.2, 0.25) is 11.8 Å². The third-order valence-corrected chi connectivity index (χ3v) is 9.80. The van der Waals surface area contributed by atoms with Crippen LogP contribution in [0.15, 0.2) is 108 Å². The first-order valence-electron chi connectivity index (χ1n) is 15.6. The molecule has 2 atom stereocenters. The van der Waals surface area contributed by atoms with Crippen molar-refractivity contribution in [1.29, 1.82) is 0 Å². The van der Waals surface area contributed by atoms with Crippen molar-refractivity contribution in [2.24, 2.45) is 0 Å². The van der Waals surface area contributed by atoms with Gasteiger partial charge >= 0.3 is 0 Å². The lowest BCUT2D eigenvalue weighted by Crippen LogP contribution is -2.54. The Hall–Kier alpha value is -4.83. The number of sulfonamides is 1. The molecule has 0 radical (unpaired) electrons. The second-order valence-corrected chi connectivity index (χ2v) is 13.3. The van der Waals surface area contributed by atoms with Crippen LogP contribution in [-0.4, -0.2) is 58.0 Å². The van der Waals surface area contributed by atoms with Gasteiger partial charge in [0.1, 0.15) is 12.6 Å². The number of amides is 2. The number of carbonyl (C=O) groups is 2. The van der Waals surface area contributed by atoms with Crippen molar-refractivity contribution in [3.8, 4) is 11.5 Å². The average molecular weight is 658 g/mol. The van der Waals surface area contributed by atoms with Gasteiger partial charge in [0.15, 0.2) is 11.5 Å². The molecular weight excluding hydrogens is 614 g/mol. The van der Waals surface area contributed by atoms with Gasteiger partial charge in [-0.05, 0) is 55.7 Å². The maximum absolute atomic E-state index is 14.6. The fraction of sp³-hybridized carbons (Fsp3) is 0.297. The van der Waals surface area contributed by atoms with Gasteiger partial charge < -0.3 is 19.7 Å². The number of carbonyl (C=O) groups excluding carboxylic acids is 2. The summed E-state index contributed by atoms with van der Waals surface area (Å²) in [6, 6.07) is 28.9.